The number of benzene rings is 1. The first-order valence-electron chi connectivity index (χ1n) is 7.10. The molecule has 100 valence electrons. The number of hydrogen-bond acceptors (Lipinski definition) is 3. The lowest BCUT2D eigenvalue weighted by atomic mass is 10.1. The highest BCUT2D eigenvalue weighted by molar-refractivity contribution is 5.56. The maximum atomic E-state index is 5.63. The third kappa shape index (κ3) is 2.54. The number of aryl methyl sites for hydroxylation is 1. The summed E-state index contributed by atoms with van der Waals surface area (Å²) in [5.74, 6) is 2.15. The van der Waals surface area contributed by atoms with Crippen molar-refractivity contribution in [2.24, 2.45) is 5.73 Å². The Balaban J connectivity index is 1.97. The molecule has 0 aliphatic carbocycles. The molecule has 1 aliphatic rings. The lowest BCUT2D eigenvalue weighted by Crippen LogP contribution is -2.04. The van der Waals surface area contributed by atoms with Gasteiger partial charge in [-0.25, -0.2) is 0 Å². The van der Waals surface area contributed by atoms with Crippen molar-refractivity contribution >= 4 is 0 Å². The van der Waals surface area contributed by atoms with Crippen molar-refractivity contribution in [2.75, 3.05) is 6.54 Å². The molecule has 2 heterocycles. The van der Waals surface area contributed by atoms with E-state index in [0.717, 1.165) is 36.6 Å². The molecule has 1 aromatic heterocycles. The van der Waals surface area contributed by atoms with Crippen LogP contribution in [0.5, 0.6) is 0 Å². The van der Waals surface area contributed by atoms with E-state index in [4.69, 9.17) is 5.73 Å². The monoisotopic (exact) mass is 256 g/mol. The summed E-state index contributed by atoms with van der Waals surface area (Å²) in [6.45, 7) is 1.72. The summed E-state index contributed by atoms with van der Waals surface area (Å²) in [4.78, 5) is 0. The molecule has 1 aromatic carbocycles. The zero-order chi connectivity index (χ0) is 13.1. The van der Waals surface area contributed by atoms with E-state index < -0.39 is 0 Å². The zero-order valence-electron chi connectivity index (χ0n) is 11.2. The molecule has 0 atom stereocenters. The molecule has 0 fully saturated rings. The molecule has 2 N–H and O–H groups in total. The molecular weight excluding hydrogens is 236 g/mol. The van der Waals surface area contributed by atoms with Gasteiger partial charge in [0.05, 0.1) is 0 Å². The largest absolute Gasteiger partial charge is 0.330 e. The second-order valence-corrected chi connectivity index (χ2v) is 5.14. The summed E-state index contributed by atoms with van der Waals surface area (Å²) < 4.78 is 2.29. The van der Waals surface area contributed by atoms with Crippen molar-refractivity contribution in [2.45, 2.75) is 38.6 Å². The summed E-state index contributed by atoms with van der Waals surface area (Å²) in [6.07, 6.45) is 5.70. The lowest BCUT2D eigenvalue weighted by Gasteiger charge is -2.08. The summed E-state index contributed by atoms with van der Waals surface area (Å²) in [7, 11) is 0. The van der Waals surface area contributed by atoms with Crippen LogP contribution in [-0.4, -0.2) is 21.3 Å². The molecule has 0 saturated heterocycles. The maximum absolute atomic E-state index is 5.63. The number of rotatable bonds is 3. The fourth-order valence-electron chi connectivity index (χ4n) is 2.73. The van der Waals surface area contributed by atoms with Crippen LogP contribution < -0.4 is 5.73 Å². The van der Waals surface area contributed by atoms with Crippen LogP contribution in [0.15, 0.2) is 24.3 Å². The Morgan fingerprint density at radius 2 is 2.11 bits per heavy atom. The van der Waals surface area contributed by atoms with Gasteiger partial charge in [0.15, 0.2) is 5.82 Å². The van der Waals surface area contributed by atoms with Gasteiger partial charge in [0, 0.05) is 18.5 Å². The van der Waals surface area contributed by atoms with Crippen LogP contribution in [0.25, 0.3) is 11.4 Å². The highest BCUT2D eigenvalue weighted by Crippen LogP contribution is 2.23. The molecule has 0 bridgehead atoms. The SMILES string of the molecule is NCCc1cccc(-c2nnc3n2CCCCC3)c1. The Morgan fingerprint density at radius 3 is 3.00 bits per heavy atom. The van der Waals surface area contributed by atoms with Gasteiger partial charge < -0.3 is 10.3 Å². The Hall–Kier alpha value is -1.68. The molecule has 4 heteroatoms. The molecule has 4 nitrogen and oxygen atoms in total. The Labute approximate surface area is 113 Å². The molecule has 0 unspecified atom stereocenters. The van der Waals surface area contributed by atoms with Crippen LogP contribution in [0, 0.1) is 0 Å². The van der Waals surface area contributed by atoms with Crippen molar-refractivity contribution in [1.29, 1.82) is 0 Å². The highest BCUT2D eigenvalue weighted by Gasteiger charge is 2.15. The van der Waals surface area contributed by atoms with Gasteiger partial charge in [0.2, 0.25) is 0 Å². The van der Waals surface area contributed by atoms with Gasteiger partial charge in [-0.15, -0.1) is 10.2 Å². The third-order valence-corrected chi connectivity index (χ3v) is 3.73. The van der Waals surface area contributed by atoms with E-state index in [1.165, 1.54) is 24.8 Å². The van der Waals surface area contributed by atoms with Crippen LogP contribution >= 0.6 is 0 Å². The van der Waals surface area contributed by atoms with Gasteiger partial charge in [-0.05, 0) is 37.4 Å². The zero-order valence-corrected chi connectivity index (χ0v) is 11.2. The molecule has 0 saturated carbocycles. The maximum Gasteiger partial charge on any atom is 0.163 e. The standard InChI is InChI=1S/C15H20N4/c16-9-8-12-5-4-6-13(11-12)15-18-17-14-7-2-1-3-10-19(14)15/h4-6,11H,1-3,7-10,16H2. The summed E-state index contributed by atoms with van der Waals surface area (Å²) in [6, 6.07) is 8.51. The number of nitrogens with zero attached hydrogens (tertiary/aromatic N) is 3. The minimum atomic E-state index is 0.682. The molecular formula is C15H20N4. The molecule has 2 aromatic rings. The average Bonchev–Trinajstić information content (AvgIpc) is 2.69. The van der Waals surface area contributed by atoms with Gasteiger partial charge in [-0.2, -0.15) is 0 Å². The minimum Gasteiger partial charge on any atom is -0.330 e. The summed E-state index contributed by atoms with van der Waals surface area (Å²) in [5, 5.41) is 8.75. The molecule has 0 radical (unpaired) electrons. The Kier molecular flexibility index (Phi) is 3.60. The minimum absolute atomic E-state index is 0.682. The molecule has 19 heavy (non-hydrogen) atoms. The topological polar surface area (TPSA) is 56.7 Å². The van der Waals surface area contributed by atoms with E-state index in [1.807, 2.05) is 0 Å². The Morgan fingerprint density at radius 1 is 1.16 bits per heavy atom. The first-order valence-corrected chi connectivity index (χ1v) is 7.10. The third-order valence-electron chi connectivity index (χ3n) is 3.73. The van der Waals surface area contributed by atoms with Crippen molar-refractivity contribution in [3.63, 3.8) is 0 Å². The normalized spacial score (nSPS) is 15.0. The van der Waals surface area contributed by atoms with Crippen molar-refractivity contribution in [3.8, 4) is 11.4 Å². The molecule has 3 rings (SSSR count). The van der Waals surface area contributed by atoms with Gasteiger partial charge in [0.25, 0.3) is 0 Å². The number of nitrogens with two attached hydrogens (primary N) is 1. The first-order chi connectivity index (χ1) is 9.38. The van der Waals surface area contributed by atoms with E-state index in [0.29, 0.717) is 6.54 Å². The number of fused-ring (bicyclic) bond motifs is 1. The predicted molar refractivity (Wildman–Crippen MR) is 75.8 cm³/mol. The Bertz CT molecular complexity index is 559. The van der Waals surface area contributed by atoms with E-state index >= 15 is 0 Å². The quantitative estimate of drug-likeness (QED) is 0.915. The number of hydrogen-bond donors (Lipinski definition) is 1. The van der Waals surface area contributed by atoms with Crippen LogP contribution in [0.3, 0.4) is 0 Å². The fourth-order valence-corrected chi connectivity index (χ4v) is 2.73. The lowest BCUT2D eigenvalue weighted by molar-refractivity contribution is 0.636. The fraction of sp³-hybridized carbons (Fsp3) is 0.467. The van der Waals surface area contributed by atoms with E-state index in [-0.39, 0.29) is 0 Å². The summed E-state index contributed by atoms with van der Waals surface area (Å²) in [5.41, 5.74) is 8.06. The van der Waals surface area contributed by atoms with Gasteiger partial charge in [-0.1, -0.05) is 24.6 Å². The summed E-state index contributed by atoms with van der Waals surface area (Å²) >= 11 is 0. The van der Waals surface area contributed by atoms with Crippen LogP contribution in [-0.2, 0) is 19.4 Å². The smallest absolute Gasteiger partial charge is 0.163 e. The predicted octanol–water partition coefficient (Wildman–Crippen LogP) is 2.17. The van der Waals surface area contributed by atoms with E-state index in [1.54, 1.807) is 0 Å². The highest BCUT2D eigenvalue weighted by atomic mass is 15.3. The number of aromatic nitrogens is 3. The average molecular weight is 256 g/mol. The van der Waals surface area contributed by atoms with Crippen molar-refractivity contribution in [3.05, 3.63) is 35.7 Å². The van der Waals surface area contributed by atoms with Crippen molar-refractivity contribution < 1.29 is 0 Å². The van der Waals surface area contributed by atoms with Gasteiger partial charge >= 0.3 is 0 Å². The van der Waals surface area contributed by atoms with Crippen LogP contribution in [0.1, 0.15) is 30.7 Å². The van der Waals surface area contributed by atoms with Crippen molar-refractivity contribution in [1.82, 2.24) is 14.8 Å². The van der Waals surface area contributed by atoms with E-state index in [9.17, 15) is 0 Å². The van der Waals surface area contributed by atoms with Gasteiger partial charge in [0.1, 0.15) is 5.82 Å². The van der Waals surface area contributed by atoms with E-state index in [2.05, 4.69) is 39.0 Å². The van der Waals surface area contributed by atoms with Gasteiger partial charge in [-0.3, -0.25) is 0 Å². The molecule has 0 amide bonds. The van der Waals surface area contributed by atoms with Crippen LogP contribution in [0.4, 0.5) is 0 Å². The second-order valence-electron chi connectivity index (χ2n) is 5.14. The first kappa shape index (κ1) is 12.4. The molecule has 1 aliphatic heterocycles. The van der Waals surface area contributed by atoms with Crippen LogP contribution in [0.2, 0.25) is 0 Å². The molecule has 0 spiro atoms. The second kappa shape index (κ2) is 5.53.